The number of sulfone groups is 1. The number of hydrogen-bond donors (Lipinski definition) is 2. The first kappa shape index (κ1) is 17.7. The van der Waals surface area contributed by atoms with E-state index in [-0.39, 0.29) is 16.7 Å². The summed E-state index contributed by atoms with van der Waals surface area (Å²) in [4.78, 5) is 23.7. The average Bonchev–Trinajstić information content (AvgIpc) is 2.50. The van der Waals surface area contributed by atoms with Gasteiger partial charge in [-0.15, -0.1) is 0 Å². The molecule has 2 aromatic rings. The smallest absolute Gasteiger partial charge is 0.255 e. The second-order valence-corrected chi connectivity index (χ2v) is 7.43. The van der Waals surface area contributed by atoms with Gasteiger partial charge >= 0.3 is 0 Å². The van der Waals surface area contributed by atoms with Gasteiger partial charge in [-0.25, -0.2) is 8.42 Å². The van der Waals surface area contributed by atoms with Crippen LogP contribution in [0, 0.1) is 6.92 Å². The average molecular weight is 346 g/mol. The number of hydrogen-bond acceptors (Lipinski definition) is 4. The SMILES string of the molecule is CC(=O)Nc1cccc(NC(=O)c2ccc(S(C)(=O)=O)cc2)c1C. The molecule has 0 aromatic heterocycles. The van der Waals surface area contributed by atoms with E-state index in [4.69, 9.17) is 0 Å². The predicted molar refractivity (Wildman–Crippen MR) is 93.0 cm³/mol. The maximum atomic E-state index is 12.3. The van der Waals surface area contributed by atoms with E-state index in [9.17, 15) is 18.0 Å². The van der Waals surface area contributed by atoms with Gasteiger partial charge in [-0.05, 0) is 48.9 Å². The summed E-state index contributed by atoms with van der Waals surface area (Å²) in [7, 11) is -3.30. The second kappa shape index (κ2) is 6.84. The Morgan fingerprint density at radius 2 is 1.46 bits per heavy atom. The van der Waals surface area contributed by atoms with Crippen molar-refractivity contribution < 1.29 is 18.0 Å². The molecule has 0 saturated heterocycles. The first-order valence-electron chi connectivity index (χ1n) is 7.17. The molecule has 2 rings (SSSR count). The van der Waals surface area contributed by atoms with Crippen molar-refractivity contribution >= 4 is 33.0 Å². The maximum absolute atomic E-state index is 12.3. The van der Waals surface area contributed by atoms with Gasteiger partial charge in [-0.2, -0.15) is 0 Å². The Hall–Kier alpha value is -2.67. The lowest BCUT2D eigenvalue weighted by molar-refractivity contribution is -0.114. The lowest BCUT2D eigenvalue weighted by Gasteiger charge is -2.13. The van der Waals surface area contributed by atoms with Crippen LogP contribution in [0.25, 0.3) is 0 Å². The van der Waals surface area contributed by atoms with Gasteiger partial charge in [0.15, 0.2) is 9.84 Å². The normalized spacial score (nSPS) is 11.0. The van der Waals surface area contributed by atoms with Crippen molar-refractivity contribution in [2.45, 2.75) is 18.7 Å². The number of anilines is 2. The molecular weight excluding hydrogens is 328 g/mol. The van der Waals surface area contributed by atoms with Gasteiger partial charge in [0.05, 0.1) is 4.90 Å². The quantitative estimate of drug-likeness (QED) is 0.890. The van der Waals surface area contributed by atoms with Crippen molar-refractivity contribution in [3.05, 3.63) is 53.6 Å². The first-order valence-corrected chi connectivity index (χ1v) is 9.06. The van der Waals surface area contributed by atoms with Crippen molar-refractivity contribution in [3.8, 4) is 0 Å². The van der Waals surface area contributed by atoms with Crippen LogP contribution in [0.1, 0.15) is 22.8 Å². The van der Waals surface area contributed by atoms with Crippen LogP contribution in [0.2, 0.25) is 0 Å². The van der Waals surface area contributed by atoms with E-state index < -0.39 is 9.84 Å². The van der Waals surface area contributed by atoms with E-state index in [0.717, 1.165) is 11.8 Å². The molecule has 0 bridgehead atoms. The van der Waals surface area contributed by atoms with Crippen LogP contribution in [-0.4, -0.2) is 26.5 Å². The third kappa shape index (κ3) is 4.20. The highest BCUT2D eigenvalue weighted by molar-refractivity contribution is 7.90. The zero-order chi connectivity index (χ0) is 17.9. The van der Waals surface area contributed by atoms with Gasteiger partial charge in [-0.1, -0.05) is 6.07 Å². The molecule has 24 heavy (non-hydrogen) atoms. The minimum Gasteiger partial charge on any atom is -0.326 e. The van der Waals surface area contributed by atoms with Crippen LogP contribution in [0.3, 0.4) is 0 Å². The number of amides is 2. The molecule has 126 valence electrons. The Labute approximate surface area is 140 Å². The van der Waals surface area contributed by atoms with E-state index in [1.807, 2.05) is 0 Å². The molecule has 2 aromatic carbocycles. The van der Waals surface area contributed by atoms with E-state index in [1.54, 1.807) is 25.1 Å². The molecule has 0 spiro atoms. The van der Waals surface area contributed by atoms with Crippen LogP contribution < -0.4 is 10.6 Å². The predicted octanol–water partition coefficient (Wildman–Crippen LogP) is 2.61. The minimum absolute atomic E-state index is 0.155. The molecular formula is C17H18N2O4S. The summed E-state index contributed by atoms with van der Waals surface area (Å²) in [6.45, 7) is 3.20. The van der Waals surface area contributed by atoms with Crippen molar-refractivity contribution in [2.75, 3.05) is 16.9 Å². The second-order valence-electron chi connectivity index (χ2n) is 5.41. The number of carbonyl (C=O) groups is 2. The van der Waals surface area contributed by atoms with Gasteiger partial charge in [0.1, 0.15) is 0 Å². The van der Waals surface area contributed by atoms with Gasteiger partial charge in [0, 0.05) is 30.1 Å². The molecule has 0 aliphatic rings. The summed E-state index contributed by atoms with van der Waals surface area (Å²) in [5.41, 5.74) is 2.26. The Morgan fingerprint density at radius 3 is 1.96 bits per heavy atom. The highest BCUT2D eigenvalue weighted by atomic mass is 32.2. The summed E-state index contributed by atoms with van der Waals surface area (Å²) in [5.74, 6) is -0.559. The molecule has 0 heterocycles. The monoisotopic (exact) mass is 346 g/mol. The molecule has 2 amide bonds. The van der Waals surface area contributed by atoms with Crippen molar-refractivity contribution in [3.63, 3.8) is 0 Å². The van der Waals surface area contributed by atoms with E-state index in [0.29, 0.717) is 16.9 Å². The largest absolute Gasteiger partial charge is 0.326 e. The highest BCUT2D eigenvalue weighted by Gasteiger charge is 2.12. The first-order chi connectivity index (χ1) is 11.2. The maximum Gasteiger partial charge on any atom is 0.255 e. The topological polar surface area (TPSA) is 92.3 Å². The van der Waals surface area contributed by atoms with Gasteiger partial charge in [0.2, 0.25) is 5.91 Å². The standard InChI is InChI=1S/C17H18N2O4S/c1-11-15(18-12(2)20)5-4-6-16(11)19-17(21)13-7-9-14(10-8-13)24(3,22)23/h4-10H,1-3H3,(H,18,20)(H,19,21). The number of rotatable bonds is 4. The fourth-order valence-corrected chi connectivity index (χ4v) is 2.77. The van der Waals surface area contributed by atoms with Crippen LogP contribution >= 0.6 is 0 Å². The molecule has 6 nitrogen and oxygen atoms in total. The number of nitrogens with one attached hydrogen (secondary N) is 2. The summed E-state index contributed by atoms with van der Waals surface area (Å²) in [6.07, 6.45) is 1.11. The fourth-order valence-electron chi connectivity index (χ4n) is 2.14. The van der Waals surface area contributed by atoms with E-state index >= 15 is 0 Å². The van der Waals surface area contributed by atoms with Gasteiger partial charge in [0.25, 0.3) is 5.91 Å². The molecule has 2 N–H and O–H groups in total. The molecule has 0 fully saturated rings. The summed E-state index contributed by atoms with van der Waals surface area (Å²) >= 11 is 0. The third-order valence-electron chi connectivity index (χ3n) is 3.44. The molecule has 0 saturated carbocycles. The molecule has 0 unspecified atom stereocenters. The Balaban J connectivity index is 2.22. The fraction of sp³-hybridized carbons (Fsp3) is 0.176. The highest BCUT2D eigenvalue weighted by Crippen LogP contribution is 2.24. The Bertz CT molecular complexity index is 887. The van der Waals surface area contributed by atoms with Crippen molar-refractivity contribution in [2.24, 2.45) is 0 Å². The van der Waals surface area contributed by atoms with Crippen LogP contribution in [0.4, 0.5) is 11.4 Å². The molecule has 7 heteroatoms. The molecule has 0 aliphatic carbocycles. The molecule has 0 aliphatic heterocycles. The van der Waals surface area contributed by atoms with Crippen LogP contribution in [0.5, 0.6) is 0 Å². The van der Waals surface area contributed by atoms with Crippen LogP contribution in [0.15, 0.2) is 47.4 Å². The number of benzene rings is 2. The molecule has 0 radical (unpaired) electrons. The van der Waals surface area contributed by atoms with E-state index in [2.05, 4.69) is 10.6 Å². The lowest BCUT2D eigenvalue weighted by atomic mass is 10.1. The zero-order valence-corrected chi connectivity index (χ0v) is 14.4. The summed E-state index contributed by atoms with van der Waals surface area (Å²) in [5, 5.41) is 5.45. The Kier molecular flexibility index (Phi) is 5.04. The van der Waals surface area contributed by atoms with Gasteiger partial charge < -0.3 is 10.6 Å². The van der Waals surface area contributed by atoms with Crippen molar-refractivity contribution in [1.82, 2.24) is 0 Å². The zero-order valence-electron chi connectivity index (χ0n) is 13.6. The summed E-state index contributed by atoms with van der Waals surface area (Å²) in [6, 6.07) is 10.9. The minimum atomic E-state index is -3.30. The van der Waals surface area contributed by atoms with E-state index in [1.165, 1.54) is 31.2 Å². The summed E-state index contributed by atoms with van der Waals surface area (Å²) < 4.78 is 22.9. The number of carbonyl (C=O) groups excluding carboxylic acids is 2. The Morgan fingerprint density at radius 1 is 0.917 bits per heavy atom. The van der Waals surface area contributed by atoms with Crippen molar-refractivity contribution in [1.29, 1.82) is 0 Å². The van der Waals surface area contributed by atoms with Gasteiger partial charge in [-0.3, -0.25) is 9.59 Å². The van der Waals surface area contributed by atoms with Crippen LogP contribution in [-0.2, 0) is 14.6 Å². The third-order valence-corrected chi connectivity index (χ3v) is 4.57. The molecule has 0 atom stereocenters. The lowest BCUT2D eigenvalue weighted by Crippen LogP contribution is -2.14.